The van der Waals surface area contributed by atoms with Crippen molar-refractivity contribution in [1.29, 1.82) is 0 Å². The average Bonchev–Trinajstić information content (AvgIpc) is 2.97. The number of urea groups is 1. The number of piperazine rings is 1. The van der Waals surface area contributed by atoms with Crippen LogP contribution in [0.25, 0.3) is 0 Å². The Kier molecular flexibility index (Phi) is 7.32. The van der Waals surface area contributed by atoms with Crippen molar-refractivity contribution in [2.45, 2.75) is 39.2 Å². The van der Waals surface area contributed by atoms with Crippen molar-refractivity contribution < 1.29 is 4.79 Å². The molecule has 140 valence electrons. The molecular weight excluding hydrogens is 302 g/mol. The van der Waals surface area contributed by atoms with Crippen LogP contribution in [-0.4, -0.2) is 92.2 Å². The van der Waals surface area contributed by atoms with Gasteiger partial charge in [-0.25, -0.2) is 4.79 Å². The Bertz CT molecular complexity index is 401. The van der Waals surface area contributed by atoms with Gasteiger partial charge in [-0.3, -0.25) is 9.80 Å². The molecule has 0 aromatic rings. The summed E-state index contributed by atoms with van der Waals surface area (Å²) in [6.45, 7) is 16.0. The molecular formula is C18H37N5O. The zero-order chi connectivity index (χ0) is 17.6. The van der Waals surface area contributed by atoms with E-state index >= 15 is 0 Å². The number of hydrogen-bond donors (Lipinski definition) is 2. The minimum absolute atomic E-state index is 0.0164. The molecule has 2 aliphatic rings. The van der Waals surface area contributed by atoms with Crippen molar-refractivity contribution in [1.82, 2.24) is 25.3 Å². The number of likely N-dealkylation sites (tertiary alicyclic amines) is 1. The summed E-state index contributed by atoms with van der Waals surface area (Å²) in [6, 6.07) is -0.0164. The maximum atomic E-state index is 12.0. The minimum Gasteiger partial charge on any atom is -0.338 e. The molecule has 2 aliphatic heterocycles. The van der Waals surface area contributed by atoms with Gasteiger partial charge in [-0.1, -0.05) is 6.92 Å². The first-order valence-corrected chi connectivity index (χ1v) is 9.58. The number of rotatable bonds is 7. The molecule has 2 rings (SSSR count). The molecule has 2 fully saturated rings. The first-order valence-electron chi connectivity index (χ1n) is 9.58. The molecule has 2 amide bonds. The van der Waals surface area contributed by atoms with Crippen molar-refractivity contribution >= 4 is 6.03 Å². The van der Waals surface area contributed by atoms with Gasteiger partial charge >= 0.3 is 6.03 Å². The van der Waals surface area contributed by atoms with E-state index in [1.54, 1.807) is 0 Å². The molecule has 1 atom stereocenters. The molecule has 2 heterocycles. The first kappa shape index (κ1) is 19.5. The summed E-state index contributed by atoms with van der Waals surface area (Å²) in [7, 11) is 2.19. The van der Waals surface area contributed by atoms with E-state index in [0.717, 1.165) is 45.8 Å². The normalized spacial score (nSPS) is 25.8. The zero-order valence-electron chi connectivity index (χ0n) is 16.1. The Morgan fingerprint density at radius 1 is 1.12 bits per heavy atom. The second-order valence-electron chi connectivity index (χ2n) is 8.10. The summed E-state index contributed by atoms with van der Waals surface area (Å²) < 4.78 is 0. The SMILES string of the molecule is CCCN1CC[C@H](CNC(=O)NCCN2CCN(C)C(C)(C)C2)C1. The van der Waals surface area contributed by atoms with Crippen LogP contribution in [0.4, 0.5) is 4.79 Å². The fraction of sp³-hybridized carbons (Fsp3) is 0.944. The number of nitrogens with zero attached hydrogens (tertiary/aromatic N) is 3. The minimum atomic E-state index is -0.0164. The van der Waals surface area contributed by atoms with Crippen LogP contribution in [0.2, 0.25) is 0 Å². The van der Waals surface area contributed by atoms with Gasteiger partial charge in [0.15, 0.2) is 0 Å². The fourth-order valence-electron chi connectivity index (χ4n) is 3.76. The fourth-order valence-corrected chi connectivity index (χ4v) is 3.76. The number of hydrogen-bond acceptors (Lipinski definition) is 4. The summed E-state index contributed by atoms with van der Waals surface area (Å²) in [5.41, 5.74) is 0.216. The Balaban J connectivity index is 1.56. The second-order valence-corrected chi connectivity index (χ2v) is 8.10. The number of likely N-dealkylation sites (N-methyl/N-ethyl adjacent to an activating group) is 1. The Hall–Kier alpha value is -0.850. The topological polar surface area (TPSA) is 50.9 Å². The molecule has 0 aromatic heterocycles. The van der Waals surface area contributed by atoms with Crippen molar-refractivity contribution in [2.75, 3.05) is 66.0 Å². The van der Waals surface area contributed by atoms with Crippen LogP contribution >= 0.6 is 0 Å². The smallest absolute Gasteiger partial charge is 0.314 e. The van der Waals surface area contributed by atoms with E-state index in [1.165, 1.54) is 25.9 Å². The molecule has 6 nitrogen and oxygen atoms in total. The quantitative estimate of drug-likeness (QED) is 0.728. The maximum Gasteiger partial charge on any atom is 0.314 e. The molecule has 0 bridgehead atoms. The van der Waals surface area contributed by atoms with E-state index in [0.29, 0.717) is 5.92 Å². The molecule has 0 saturated carbocycles. The number of nitrogens with one attached hydrogen (secondary N) is 2. The van der Waals surface area contributed by atoms with Gasteiger partial charge in [0.05, 0.1) is 0 Å². The maximum absolute atomic E-state index is 12.0. The van der Waals surface area contributed by atoms with Gasteiger partial charge in [-0.15, -0.1) is 0 Å². The Morgan fingerprint density at radius 2 is 1.92 bits per heavy atom. The van der Waals surface area contributed by atoms with E-state index in [1.807, 2.05) is 0 Å². The largest absolute Gasteiger partial charge is 0.338 e. The van der Waals surface area contributed by atoms with Crippen molar-refractivity contribution in [2.24, 2.45) is 5.92 Å². The lowest BCUT2D eigenvalue weighted by molar-refractivity contribution is 0.0410. The van der Waals surface area contributed by atoms with Gasteiger partial charge in [-0.05, 0) is 52.7 Å². The van der Waals surface area contributed by atoms with Crippen LogP contribution in [0.5, 0.6) is 0 Å². The van der Waals surface area contributed by atoms with Gasteiger partial charge in [0, 0.05) is 51.4 Å². The predicted octanol–water partition coefficient (Wildman–Crippen LogP) is 1.04. The summed E-state index contributed by atoms with van der Waals surface area (Å²) in [6.07, 6.45) is 2.42. The third-order valence-corrected chi connectivity index (χ3v) is 5.57. The van der Waals surface area contributed by atoms with Crippen LogP contribution in [-0.2, 0) is 0 Å². The van der Waals surface area contributed by atoms with Crippen molar-refractivity contribution in [3.63, 3.8) is 0 Å². The molecule has 0 spiro atoms. The molecule has 0 radical (unpaired) electrons. The Labute approximate surface area is 147 Å². The summed E-state index contributed by atoms with van der Waals surface area (Å²) in [4.78, 5) is 19.3. The lowest BCUT2D eigenvalue weighted by Crippen LogP contribution is -2.58. The van der Waals surface area contributed by atoms with Crippen LogP contribution < -0.4 is 10.6 Å². The number of carbonyl (C=O) groups is 1. The highest BCUT2D eigenvalue weighted by Crippen LogP contribution is 2.18. The van der Waals surface area contributed by atoms with E-state index < -0.39 is 0 Å². The standard InChI is InChI=1S/C18H37N5O/c1-5-8-22-9-6-16(14-22)13-20-17(24)19-7-10-23-12-11-21(4)18(2,3)15-23/h16H,5-15H2,1-4H3,(H2,19,20,24)/t16-/m1/s1. The van der Waals surface area contributed by atoms with Crippen LogP contribution in [0.1, 0.15) is 33.6 Å². The lowest BCUT2D eigenvalue weighted by Gasteiger charge is -2.45. The summed E-state index contributed by atoms with van der Waals surface area (Å²) in [5.74, 6) is 0.612. The highest BCUT2D eigenvalue weighted by molar-refractivity contribution is 5.73. The summed E-state index contributed by atoms with van der Waals surface area (Å²) >= 11 is 0. The van der Waals surface area contributed by atoms with Gasteiger partial charge < -0.3 is 15.5 Å². The van der Waals surface area contributed by atoms with E-state index in [9.17, 15) is 4.79 Å². The number of carbonyl (C=O) groups excluding carboxylic acids is 1. The molecule has 6 heteroatoms. The van der Waals surface area contributed by atoms with Crippen LogP contribution in [0.15, 0.2) is 0 Å². The van der Waals surface area contributed by atoms with Crippen molar-refractivity contribution in [3.05, 3.63) is 0 Å². The monoisotopic (exact) mass is 339 g/mol. The van der Waals surface area contributed by atoms with Gasteiger partial charge in [0.25, 0.3) is 0 Å². The molecule has 0 aliphatic carbocycles. The van der Waals surface area contributed by atoms with E-state index in [-0.39, 0.29) is 11.6 Å². The molecule has 0 aromatic carbocycles. The van der Waals surface area contributed by atoms with Gasteiger partial charge in [0.2, 0.25) is 0 Å². The highest BCUT2D eigenvalue weighted by Gasteiger charge is 2.30. The van der Waals surface area contributed by atoms with E-state index in [4.69, 9.17) is 0 Å². The molecule has 24 heavy (non-hydrogen) atoms. The van der Waals surface area contributed by atoms with Gasteiger partial charge in [-0.2, -0.15) is 0 Å². The lowest BCUT2D eigenvalue weighted by atomic mass is 10.00. The third-order valence-electron chi connectivity index (χ3n) is 5.57. The average molecular weight is 340 g/mol. The second kappa shape index (κ2) is 9.02. The molecule has 2 saturated heterocycles. The molecule has 2 N–H and O–H groups in total. The first-order chi connectivity index (χ1) is 11.4. The third kappa shape index (κ3) is 5.90. The zero-order valence-corrected chi connectivity index (χ0v) is 16.1. The number of amides is 2. The summed E-state index contributed by atoms with van der Waals surface area (Å²) in [5, 5.41) is 6.05. The van der Waals surface area contributed by atoms with Crippen LogP contribution in [0.3, 0.4) is 0 Å². The van der Waals surface area contributed by atoms with Gasteiger partial charge in [0.1, 0.15) is 0 Å². The van der Waals surface area contributed by atoms with Crippen LogP contribution in [0, 0.1) is 5.92 Å². The predicted molar refractivity (Wildman–Crippen MR) is 99.4 cm³/mol. The Morgan fingerprint density at radius 3 is 2.62 bits per heavy atom. The highest BCUT2D eigenvalue weighted by atomic mass is 16.2. The molecule has 0 unspecified atom stereocenters. The van der Waals surface area contributed by atoms with Crippen molar-refractivity contribution in [3.8, 4) is 0 Å². The van der Waals surface area contributed by atoms with E-state index in [2.05, 4.69) is 53.2 Å².